The molecule has 0 N–H and O–H groups in total. The summed E-state index contributed by atoms with van der Waals surface area (Å²) in [6, 6.07) is 10.7. The van der Waals surface area contributed by atoms with E-state index in [-0.39, 0.29) is 0 Å². The third kappa shape index (κ3) is 9.16. The molecule has 0 saturated carbocycles. The molecule has 0 radical (unpaired) electrons. The van der Waals surface area contributed by atoms with Crippen LogP contribution in [-0.2, 0) is 26.6 Å². The number of hydrogen-bond donors (Lipinski definition) is 0. The van der Waals surface area contributed by atoms with E-state index in [1.54, 1.807) is 21.3 Å². The Labute approximate surface area is 171 Å². The lowest BCUT2D eigenvalue weighted by Gasteiger charge is -2.28. The second-order valence-corrected chi connectivity index (χ2v) is 11.3. The van der Waals surface area contributed by atoms with Crippen molar-refractivity contribution in [2.45, 2.75) is 33.2 Å². The van der Waals surface area contributed by atoms with Gasteiger partial charge in [0.05, 0.1) is 0 Å². The summed E-state index contributed by atoms with van der Waals surface area (Å²) in [5.74, 6) is 0.616. The summed E-state index contributed by atoms with van der Waals surface area (Å²) < 4.78 is 32.9. The molecule has 0 fully saturated rings. The van der Waals surface area contributed by atoms with Crippen LogP contribution in [0.5, 0.6) is 0 Å². The fourth-order valence-corrected chi connectivity index (χ4v) is 7.00. The van der Waals surface area contributed by atoms with Crippen molar-refractivity contribution in [3.05, 3.63) is 30.3 Å². The maximum atomic E-state index is 5.79. The smallest absolute Gasteiger partial charge is 0.377 e. The minimum Gasteiger partial charge on any atom is -0.377 e. The zero-order valence-corrected chi connectivity index (χ0v) is 20.2. The van der Waals surface area contributed by atoms with Crippen LogP contribution in [-0.4, -0.2) is 64.6 Å². The number of halogens is 1. The Morgan fingerprint density at radius 2 is 1.22 bits per heavy atom. The van der Waals surface area contributed by atoms with E-state index in [2.05, 4.69) is 0 Å². The topological polar surface area (TPSA) is 55.4 Å². The van der Waals surface area contributed by atoms with Crippen LogP contribution in [0, 0.1) is 0 Å². The van der Waals surface area contributed by atoms with E-state index in [0.717, 1.165) is 17.7 Å². The fraction of sp³-hybridized carbons (Fsp3) is 0.667. The first-order valence-corrected chi connectivity index (χ1v) is 13.4. The van der Waals surface area contributed by atoms with Crippen LogP contribution in [0.1, 0.15) is 27.2 Å². The normalized spacial score (nSPS) is 11.8. The summed E-state index contributed by atoms with van der Waals surface area (Å²) in [6.45, 7) is 7.68. The van der Waals surface area contributed by atoms with Crippen LogP contribution in [0.25, 0.3) is 0 Å². The maximum absolute atomic E-state index is 5.79. The van der Waals surface area contributed by atoms with Gasteiger partial charge in [0.1, 0.15) is 0 Å². The van der Waals surface area contributed by atoms with Gasteiger partial charge in [-0.25, -0.2) is 0 Å². The van der Waals surface area contributed by atoms with Gasteiger partial charge in [0.25, 0.3) is 0 Å². The van der Waals surface area contributed by atoms with Gasteiger partial charge < -0.3 is 26.6 Å². The van der Waals surface area contributed by atoms with E-state index in [1.807, 2.05) is 51.1 Å². The Morgan fingerprint density at radius 3 is 1.56 bits per heavy atom. The molecule has 0 aliphatic rings. The maximum Gasteiger partial charge on any atom is 0.537 e. The summed E-state index contributed by atoms with van der Waals surface area (Å²) >= 11 is 5.53. The zero-order valence-electron chi connectivity index (χ0n) is 17.5. The quantitative estimate of drug-likeness (QED) is 0.347. The van der Waals surface area contributed by atoms with E-state index in [9.17, 15) is 0 Å². The fourth-order valence-electron chi connectivity index (χ4n) is 2.43. The van der Waals surface area contributed by atoms with Crippen LogP contribution in [0.3, 0.4) is 0 Å². The van der Waals surface area contributed by atoms with Gasteiger partial charge in [0.2, 0.25) is 0 Å². The number of rotatable bonds is 13. The molecule has 6 nitrogen and oxygen atoms in total. The molecule has 0 aliphatic heterocycles. The first-order chi connectivity index (χ1) is 13.0. The van der Waals surface area contributed by atoms with Crippen molar-refractivity contribution >= 4 is 34.4 Å². The molecule has 1 rings (SSSR count). The van der Waals surface area contributed by atoms with Crippen LogP contribution in [0.2, 0.25) is 6.04 Å². The minimum absolute atomic E-state index is 0.598. The Kier molecular flexibility index (Phi) is 15.4. The van der Waals surface area contributed by atoms with Crippen LogP contribution in [0.4, 0.5) is 0 Å². The Morgan fingerprint density at radius 1 is 0.778 bits per heavy atom. The highest BCUT2D eigenvalue weighted by atomic mass is 35.5. The second-order valence-electron chi connectivity index (χ2n) is 5.31. The first kappa shape index (κ1) is 26.7. The predicted molar refractivity (Wildman–Crippen MR) is 114 cm³/mol. The highest BCUT2D eigenvalue weighted by Crippen LogP contribution is 2.15. The predicted octanol–water partition coefficient (Wildman–Crippen LogP) is 3.44. The highest BCUT2D eigenvalue weighted by molar-refractivity contribution is 6.75. The average Bonchev–Trinajstić information content (AvgIpc) is 2.71. The van der Waals surface area contributed by atoms with E-state index >= 15 is 0 Å². The Balaban J connectivity index is 0.000000541. The number of alkyl halides is 1. The third-order valence-corrected chi connectivity index (χ3v) is 9.83. The molecular weight excluding hydrogens is 404 g/mol. The third-order valence-electron chi connectivity index (χ3n) is 3.68. The van der Waals surface area contributed by atoms with Gasteiger partial charge in [0.15, 0.2) is 0 Å². The van der Waals surface area contributed by atoms with Gasteiger partial charge in [-0.1, -0.05) is 30.3 Å². The lowest BCUT2D eigenvalue weighted by atomic mass is 10.4. The van der Waals surface area contributed by atoms with Gasteiger partial charge >= 0.3 is 17.6 Å². The minimum atomic E-state index is -2.67. The molecule has 0 bridgehead atoms. The monoisotopic (exact) mass is 438 g/mol. The summed E-state index contributed by atoms with van der Waals surface area (Å²) in [5, 5.41) is 1.03. The van der Waals surface area contributed by atoms with Crippen molar-refractivity contribution in [1.29, 1.82) is 0 Å². The zero-order chi connectivity index (χ0) is 20.6. The van der Waals surface area contributed by atoms with Gasteiger partial charge in [-0.3, -0.25) is 0 Å². The Bertz CT molecular complexity index is 437. The molecule has 1 aromatic rings. The van der Waals surface area contributed by atoms with Crippen molar-refractivity contribution in [3.63, 3.8) is 0 Å². The molecule has 9 heteroatoms. The molecule has 1 aromatic carbocycles. The molecule has 158 valence electrons. The van der Waals surface area contributed by atoms with E-state index in [1.165, 1.54) is 0 Å². The van der Waals surface area contributed by atoms with Crippen molar-refractivity contribution in [1.82, 2.24) is 0 Å². The highest BCUT2D eigenvalue weighted by Gasteiger charge is 2.42. The largest absolute Gasteiger partial charge is 0.537 e. The molecule has 27 heavy (non-hydrogen) atoms. The number of hydrogen-bond acceptors (Lipinski definition) is 6. The van der Waals surface area contributed by atoms with Crippen LogP contribution >= 0.6 is 11.6 Å². The molecule has 0 spiro atoms. The van der Waals surface area contributed by atoms with E-state index in [0.29, 0.717) is 25.7 Å². The van der Waals surface area contributed by atoms with Gasteiger partial charge in [0, 0.05) is 58.3 Å². The van der Waals surface area contributed by atoms with Crippen molar-refractivity contribution in [2.24, 2.45) is 0 Å². The second kappa shape index (κ2) is 15.6. The van der Waals surface area contributed by atoms with E-state index < -0.39 is 17.6 Å². The summed E-state index contributed by atoms with van der Waals surface area (Å²) in [7, 11) is -0.181. The summed E-state index contributed by atoms with van der Waals surface area (Å²) in [6.07, 6.45) is 0.864. The van der Waals surface area contributed by atoms with Crippen LogP contribution < -0.4 is 5.19 Å². The van der Waals surface area contributed by atoms with E-state index in [4.69, 9.17) is 38.2 Å². The summed E-state index contributed by atoms with van der Waals surface area (Å²) in [5.41, 5.74) is 0. The molecule has 0 aromatic heterocycles. The molecule has 0 unspecified atom stereocenters. The summed E-state index contributed by atoms with van der Waals surface area (Å²) in [4.78, 5) is 0. The average molecular weight is 439 g/mol. The standard InChI is InChI=1S/C12H20O3Si.C6H15ClO3Si/c1-4-13-16(14-5-2,15-6-3)12-10-8-7-9-11-12;1-8-11(9-2,10-3)6-4-5-7/h7-11H,4-6H2,1-3H3;4-6H2,1-3H3. The molecule has 0 atom stereocenters. The van der Waals surface area contributed by atoms with Crippen molar-refractivity contribution < 1.29 is 26.6 Å². The molecule has 0 saturated heterocycles. The molecule has 0 amide bonds. The van der Waals surface area contributed by atoms with Crippen molar-refractivity contribution in [3.8, 4) is 0 Å². The lowest BCUT2D eigenvalue weighted by molar-refractivity contribution is 0.0859. The van der Waals surface area contributed by atoms with Crippen molar-refractivity contribution in [2.75, 3.05) is 47.0 Å². The molecule has 0 aliphatic carbocycles. The first-order valence-electron chi connectivity index (χ1n) is 9.22. The van der Waals surface area contributed by atoms with Gasteiger partial charge in [-0.2, -0.15) is 0 Å². The van der Waals surface area contributed by atoms with Gasteiger partial charge in [-0.05, 0) is 27.2 Å². The van der Waals surface area contributed by atoms with Crippen LogP contribution in [0.15, 0.2) is 30.3 Å². The molecular formula is C18H35ClO6Si2. The SMILES string of the molecule is CCO[Si](OCC)(OCC)c1ccccc1.CO[Si](CCCCl)(OC)OC. The lowest BCUT2D eigenvalue weighted by Crippen LogP contribution is -2.56. The van der Waals surface area contributed by atoms with Gasteiger partial charge in [-0.15, -0.1) is 11.6 Å². The number of benzene rings is 1. The molecule has 0 heterocycles. The Hall–Kier alpha value is -0.296.